The Labute approximate surface area is 139 Å². The molecule has 1 nitrogen and oxygen atoms in total. The van der Waals surface area contributed by atoms with Gasteiger partial charge < -0.3 is 5.32 Å². The molecule has 0 aromatic heterocycles. The van der Waals surface area contributed by atoms with Gasteiger partial charge in [-0.05, 0) is 55.3 Å². The summed E-state index contributed by atoms with van der Waals surface area (Å²) >= 11 is 17.6. The van der Waals surface area contributed by atoms with Crippen molar-refractivity contribution in [1.29, 1.82) is 0 Å². The second kappa shape index (κ2) is 7.46. The third-order valence-electron chi connectivity index (χ3n) is 3.28. The van der Waals surface area contributed by atoms with Gasteiger partial charge in [-0.15, -0.1) is 0 Å². The largest absolute Gasteiger partial charge is 0.310 e. The van der Waals surface area contributed by atoms with Crippen LogP contribution in [-0.2, 0) is 6.42 Å². The third kappa shape index (κ3) is 4.58. The summed E-state index contributed by atoms with van der Waals surface area (Å²) in [6.07, 6.45) is 0.856. The summed E-state index contributed by atoms with van der Waals surface area (Å²) in [4.78, 5) is 0. The van der Waals surface area contributed by atoms with E-state index in [1.54, 1.807) is 0 Å². The third-order valence-corrected chi connectivity index (χ3v) is 4.15. The van der Waals surface area contributed by atoms with Crippen LogP contribution in [0.2, 0.25) is 15.1 Å². The monoisotopic (exact) mass is 345 g/mol. The fourth-order valence-corrected chi connectivity index (χ4v) is 2.74. The number of benzene rings is 2. The first kappa shape index (κ1) is 16.6. The van der Waals surface area contributed by atoms with E-state index in [0.29, 0.717) is 10.6 Å². The van der Waals surface area contributed by atoms with Gasteiger partial charge >= 0.3 is 0 Å². The highest BCUT2D eigenvalue weighted by Gasteiger charge is 2.12. The molecule has 1 N–H and O–H groups in total. The molecular weight excluding hydrogens is 332 g/mol. The van der Waals surface area contributed by atoms with Crippen LogP contribution in [0.1, 0.15) is 24.1 Å². The minimum Gasteiger partial charge on any atom is -0.310 e. The first-order valence-electron chi connectivity index (χ1n) is 6.59. The Morgan fingerprint density at radius 3 is 2.38 bits per heavy atom. The molecule has 1 unspecified atom stereocenters. The van der Waals surface area contributed by atoms with E-state index in [0.717, 1.165) is 18.0 Å². The van der Waals surface area contributed by atoms with Gasteiger partial charge in [-0.1, -0.05) is 46.9 Å². The van der Waals surface area contributed by atoms with Crippen LogP contribution in [0.4, 0.5) is 4.39 Å². The van der Waals surface area contributed by atoms with Gasteiger partial charge in [0.25, 0.3) is 0 Å². The predicted octanol–water partition coefficient (Wildman–Crippen LogP) is 5.68. The topological polar surface area (TPSA) is 12.0 Å². The van der Waals surface area contributed by atoms with Crippen molar-refractivity contribution in [3.63, 3.8) is 0 Å². The highest BCUT2D eigenvalue weighted by molar-refractivity contribution is 6.35. The lowest BCUT2D eigenvalue weighted by Crippen LogP contribution is -2.21. The second-order valence-electron chi connectivity index (χ2n) is 4.84. The summed E-state index contributed by atoms with van der Waals surface area (Å²) in [7, 11) is 0. The minimum atomic E-state index is -0.456. The van der Waals surface area contributed by atoms with Crippen LogP contribution in [-0.4, -0.2) is 6.54 Å². The first-order chi connectivity index (χ1) is 9.97. The molecule has 2 rings (SSSR count). The fraction of sp³-hybridized carbons (Fsp3) is 0.250. The Bertz CT molecular complexity index is 614. The Balaban J connectivity index is 1.94. The van der Waals surface area contributed by atoms with Crippen molar-refractivity contribution in [3.8, 4) is 0 Å². The zero-order valence-corrected chi connectivity index (χ0v) is 13.7. The van der Waals surface area contributed by atoms with Gasteiger partial charge in [-0.3, -0.25) is 0 Å². The summed E-state index contributed by atoms with van der Waals surface area (Å²) in [6.45, 7) is 2.69. The molecule has 0 amide bonds. The van der Waals surface area contributed by atoms with E-state index in [2.05, 4.69) is 5.32 Å². The van der Waals surface area contributed by atoms with Gasteiger partial charge in [-0.2, -0.15) is 0 Å². The number of hydrogen-bond donors (Lipinski definition) is 1. The highest BCUT2D eigenvalue weighted by atomic mass is 35.5. The highest BCUT2D eigenvalue weighted by Crippen LogP contribution is 2.28. The van der Waals surface area contributed by atoms with Crippen molar-refractivity contribution in [2.24, 2.45) is 0 Å². The molecule has 2 aromatic carbocycles. The van der Waals surface area contributed by atoms with Crippen molar-refractivity contribution in [1.82, 2.24) is 5.32 Å². The summed E-state index contributed by atoms with van der Waals surface area (Å²) < 4.78 is 13.5. The molecule has 0 saturated heterocycles. The van der Waals surface area contributed by atoms with Crippen molar-refractivity contribution in [3.05, 3.63) is 68.4 Å². The van der Waals surface area contributed by atoms with Gasteiger partial charge in [-0.25, -0.2) is 4.39 Å². The van der Waals surface area contributed by atoms with E-state index in [9.17, 15) is 4.39 Å². The van der Waals surface area contributed by atoms with E-state index in [1.165, 1.54) is 17.7 Å². The summed E-state index contributed by atoms with van der Waals surface area (Å²) in [5.41, 5.74) is 1.89. The Kier molecular flexibility index (Phi) is 5.88. The van der Waals surface area contributed by atoms with Crippen LogP contribution in [0.25, 0.3) is 0 Å². The summed E-state index contributed by atoms with van der Waals surface area (Å²) in [6, 6.07) is 10.5. The quantitative estimate of drug-likeness (QED) is 0.687. The minimum absolute atomic E-state index is 0.0390. The van der Waals surface area contributed by atoms with Crippen LogP contribution in [0.5, 0.6) is 0 Å². The molecule has 0 saturated carbocycles. The van der Waals surface area contributed by atoms with Gasteiger partial charge in [0.15, 0.2) is 0 Å². The zero-order chi connectivity index (χ0) is 15.4. The van der Waals surface area contributed by atoms with E-state index in [4.69, 9.17) is 34.8 Å². The average molecular weight is 347 g/mol. The van der Waals surface area contributed by atoms with Crippen molar-refractivity contribution in [2.75, 3.05) is 6.54 Å². The Hall–Kier alpha value is -0.800. The molecular formula is C16H15Cl3FN. The van der Waals surface area contributed by atoms with Crippen molar-refractivity contribution >= 4 is 34.8 Å². The van der Waals surface area contributed by atoms with Crippen LogP contribution < -0.4 is 5.32 Å². The molecule has 5 heteroatoms. The Morgan fingerprint density at radius 2 is 1.71 bits per heavy atom. The lowest BCUT2D eigenvalue weighted by molar-refractivity contribution is 0.567. The maximum atomic E-state index is 13.5. The predicted molar refractivity (Wildman–Crippen MR) is 88.0 cm³/mol. The fourth-order valence-electron chi connectivity index (χ4n) is 2.06. The Morgan fingerprint density at radius 1 is 1.05 bits per heavy atom. The lowest BCUT2D eigenvalue weighted by atomic mass is 10.1. The van der Waals surface area contributed by atoms with Gasteiger partial charge in [0.05, 0.1) is 5.02 Å². The maximum Gasteiger partial charge on any atom is 0.142 e. The molecule has 0 bridgehead atoms. The number of nitrogens with one attached hydrogen (secondary N) is 1. The second-order valence-corrected chi connectivity index (χ2v) is 6.09. The summed E-state index contributed by atoms with van der Waals surface area (Å²) in [5.74, 6) is -0.456. The molecule has 1 atom stereocenters. The molecule has 2 aromatic rings. The summed E-state index contributed by atoms with van der Waals surface area (Å²) in [5, 5.41) is 4.55. The maximum absolute atomic E-state index is 13.5. The molecule has 0 spiro atoms. The van der Waals surface area contributed by atoms with Gasteiger partial charge in [0, 0.05) is 16.1 Å². The number of halogens is 4. The van der Waals surface area contributed by atoms with Crippen molar-refractivity contribution in [2.45, 2.75) is 19.4 Å². The van der Waals surface area contributed by atoms with Crippen molar-refractivity contribution < 1.29 is 4.39 Å². The number of hydrogen-bond acceptors (Lipinski definition) is 1. The van der Waals surface area contributed by atoms with E-state index >= 15 is 0 Å². The molecule has 21 heavy (non-hydrogen) atoms. The lowest BCUT2D eigenvalue weighted by Gasteiger charge is -2.16. The molecule has 0 aliphatic rings. The smallest absolute Gasteiger partial charge is 0.142 e. The molecule has 0 aliphatic carbocycles. The molecule has 0 aliphatic heterocycles. The average Bonchev–Trinajstić information content (AvgIpc) is 2.45. The molecule has 112 valence electrons. The first-order valence-corrected chi connectivity index (χ1v) is 7.73. The number of rotatable bonds is 5. The van der Waals surface area contributed by atoms with Gasteiger partial charge in [0.1, 0.15) is 5.82 Å². The normalized spacial score (nSPS) is 12.4. The van der Waals surface area contributed by atoms with Gasteiger partial charge in [0.2, 0.25) is 0 Å². The molecule has 0 fully saturated rings. The zero-order valence-electron chi connectivity index (χ0n) is 11.5. The van der Waals surface area contributed by atoms with E-state index in [1.807, 2.05) is 31.2 Å². The molecule has 0 heterocycles. The van der Waals surface area contributed by atoms with E-state index in [-0.39, 0.29) is 11.1 Å². The van der Waals surface area contributed by atoms with Crippen LogP contribution in [0, 0.1) is 5.82 Å². The standard InChI is InChI=1S/C16H15Cl3FN/c1-10(13-8-16(20)15(19)9-14(13)18)21-7-6-11-2-4-12(17)5-3-11/h2-5,8-10,21H,6-7H2,1H3. The van der Waals surface area contributed by atoms with E-state index < -0.39 is 5.82 Å². The molecule has 0 radical (unpaired) electrons. The van der Waals surface area contributed by atoms with Crippen LogP contribution in [0.15, 0.2) is 36.4 Å². The van der Waals surface area contributed by atoms with Crippen LogP contribution >= 0.6 is 34.8 Å². The van der Waals surface area contributed by atoms with Crippen LogP contribution in [0.3, 0.4) is 0 Å². The SMILES string of the molecule is CC(NCCc1ccc(Cl)cc1)c1cc(F)c(Cl)cc1Cl.